The maximum absolute atomic E-state index is 12.4. The second-order valence-electron chi connectivity index (χ2n) is 6.19. The molecule has 0 atom stereocenters. The Labute approximate surface area is 127 Å². The van der Waals surface area contributed by atoms with E-state index in [4.69, 9.17) is 4.74 Å². The summed E-state index contributed by atoms with van der Waals surface area (Å²) in [4.78, 5) is 0.200. The van der Waals surface area contributed by atoms with Crippen molar-refractivity contribution in [1.82, 2.24) is 10.0 Å². The molecule has 0 amide bonds. The summed E-state index contributed by atoms with van der Waals surface area (Å²) < 4.78 is 32.9. The van der Waals surface area contributed by atoms with E-state index < -0.39 is 10.0 Å². The van der Waals surface area contributed by atoms with E-state index in [0.29, 0.717) is 18.3 Å². The standard InChI is InChI=1S/C15H24N2O3S/c1-11(2)16-10-12-5-6-14(13(9-12)20-4)21(18,19)17-15(3)7-8-15/h5-6,9,11,16-17H,7-8,10H2,1-4H3. The maximum atomic E-state index is 12.4. The molecule has 21 heavy (non-hydrogen) atoms. The average Bonchev–Trinajstić information content (AvgIpc) is 3.12. The summed E-state index contributed by atoms with van der Waals surface area (Å²) >= 11 is 0. The van der Waals surface area contributed by atoms with Gasteiger partial charge in [0.1, 0.15) is 10.6 Å². The van der Waals surface area contributed by atoms with Gasteiger partial charge in [0, 0.05) is 18.1 Å². The Kier molecular flexibility index (Phi) is 4.60. The van der Waals surface area contributed by atoms with E-state index in [0.717, 1.165) is 18.4 Å². The molecule has 0 spiro atoms. The monoisotopic (exact) mass is 312 g/mol. The SMILES string of the molecule is COc1cc(CNC(C)C)ccc1S(=O)(=O)NC1(C)CC1. The van der Waals surface area contributed by atoms with Gasteiger partial charge in [0.05, 0.1) is 7.11 Å². The molecule has 1 fully saturated rings. The Morgan fingerprint density at radius 3 is 2.52 bits per heavy atom. The molecule has 5 nitrogen and oxygen atoms in total. The summed E-state index contributed by atoms with van der Waals surface area (Å²) in [6, 6.07) is 5.58. The van der Waals surface area contributed by atoms with Gasteiger partial charge in [-0.05, 0) is 37.5 Å². The smallest absolute Gasteiger partial charge is 0.244 e. The van der Waals surface area contributed by atoms with Gasteiger partial charge >= 0.3 is 0 Å². The maximum Gasteiger partial charge on any atom is 0.244 e. The predicted octanol–water partition coefficient (Wildman–Crippen LogP) is 2.02. The van der Waals surface area contributed by atoms with Gasteiger partial charge in [-0.2, -0.15) is 0 Å². The Morgan fingerprint density at radius 1 is 1.33 bits per heavy atom. The lowest BCUT2D eigenvalue weighted by Crippen LogP contribution is -2.34. The van der Waals surface area contributed by atoms with Gasteiger partial charge in [0.2, 0.25) is 10.0 Å². The van der Waals surface area contributed by atoms with Crippen molar-refractivity contribution < 1.29 is 13.2 Å². The van der Waals surface area contributed by atoms with E-state index >= 15 is 0 Å². The molecule has 1 aliphatic rings. The summed E-state index contributed by atoms with van der Waals surface area (Å²) in [5.74, 6) is 0.384. The number of sulfonamides is 1. The van der Waals surface area contributed by atoms with Crippen LogP contribution in [0.15, 0.2) is 23.1 Å². The van der Waals surface area contributed by atoms with Crippen LogP contribution < -0.4 is 14.8 Å². The highest BCUT2D eigenvalue weighted by molar-refractivity contribution is 7.89. The number of hydrogen-bond acceptors (Lipinski definition) is 4. The molecular weight excluding hydrogens is 288 g/mol. The molecule has 6 heteroatoms. The first kappa shape index (κ1) is 16.3. The molecule has 118 valence electrons. The van der Waals surface area contributed by atoms with Gasteiger partial charge in [-0.1, -0.05) is 19.9 Å². The number of ether oxygens (including phenoxy) is 1. The van der Waals surface area contributed by atoms with E-state index in [1.54, 1.807) is 12.1 Å². The number of rotatable bonds is 7. The lowest BCUT2D eigenvalue weighted by Gasteiger charge is -2.16. The van der Waals surface area contributed by atoms with Gasteiger partial charge in [0.25, 0.3) is 0 Å². The molecule has 2 N–H and O–H groups in total. The lowest BCUT2D eigenvalue weighted by molar-refractivity contribution is 0.401. The molecular formula is C15H24N2O3S. The van der Waals surface area contributed by atoms with Gasteiger partial charge in [-0.15, -0.1) is 0 Å². The fraction of sp³-hybridized carbons (Fsp3) is 0.600. The van der Waals surface area contributed by atoms with Gasteiger partial charge in [-0.3, -0.25) is 0 Å². The Balaban J connectivity index is 2.23. The highest BCUT2D eigenvalue weighted by Crippen LogP contribution is 2.37. The molecule has 1 aliphatic carbocycles. The van der Waals surface area contributed by atoms with Crippen LogP contribution in [0.3, 0.4) is 0 Å². The van der Waals surface area contributed by atoms with Crippen molar-refractivity contribution >= 4 is 10.0 Å². The molecule has 1 aromatic rings. The third-order valence-corrected chi connectivity index (χ3v) is 5.29. The first-order chi connectivity index (χ1) is 9.76. The fourth-order valence-corrected chi connectivity index (χ4v) is 3.65. The van der Waals surface area contributed by atoms with Crippen LogP contribution in [0.5, 0.6) is 5.75 Å². The third kappa shape index (κ3) is 4.18. The molecule has 2 rings (SSSR count). The molecule has 0 aliphatic heterocycles. The van der Waals surface area contributed by atoms with Crippen molar-refractivity contribution in [3.63, 3.8) is 0 Å². The molecule has 0 radical (unpaired) electrons. The normalized spacial score (nSPS) is 17.0. The highest BCUT2D eigenvalue weighted by Gasteiger charge is 2.41. The first-order valence-electron chi connectivity index (χ1n) is 7.20. The first-order valence-corrected chi connectivity index (χ1v) is 8.68. The molecule has 0 bridgehead atoms. The largest absolute Gasteiger partial charge is 0.495 e. The molecule has 0 unspecified atom stereocenters. The van der Waals surface area contributed by atoms with Crippen LogP contribution >= 0.6 is 0 Å². The summed E-state index contributed by atoms with van der Waals surface area (Å²) in [6.45, 7) is 6.73. The van der Waals surface area contributed by atoms with E-state index in [1.807, 2.05) is 13.0 Å². The minimum Gasteiger partial charge on any atom is -0.495 e. The summed E-state index contributed by atoms with van der Waals surface area (Å²) in [5.41, 5.74) is 0.707. The second-order valence-corrected chi connectivity index (χ2v) is 7.84. The van der Waals surface area contributed by atoms with Crippen LogP contribution in [0.4, 0.5) is 0 Å². The summed E-state index contributed by atoms with van der Waals surface area (Å²) in [7, 11) is -2.05. The van der Waals surface area contributed by atoms with E-state index in [2.05, 4.69) is 23.9 Å². The topological polar surface area (TPSA) is 67.4 Å². The van der Waals surface area contributed by atoms with Gasteiger partial charge in [-0.25, -0.2) is 13.1 Å². The zero-order valence-electron chi connectivity index (χ0n) is 13.1. The van der Waals surface area contributed by atoms with Crippen molar-refractivity contribution in [3.05, 3.63) is 23.8 Å². The molecule has 1 saturated carbocycles. The van der Waals surface area contributed by atoms with Crippen molar-refractivity contribution in [1.29, 1.82) is 0 Å². The van der Waals surface area contributed by atoms with E-state index in [1.165, 1.54) is 7.11 Å². The third-order valence-electron chi connectivity index (χ3n) is 3.61. The minimum absolute atomic E-state index is 0.200. The van der Waals surface area contributed by atoms with Crippen molar-refractivity contribution in [3.8, 4) is 5.75 Å². The molecule has 1 aromatic carbocycles. The van der Waals surface area contributed by atoms with Crippen molar-refractivity contribution in [2.24, 2.45) is 0 Å². The molecule has 0 saturated heterocycles. The Morgan fingerprint density at radius 2 is 2.00 bits per heavy atom. The zero-order valence-corrected chi connectivity index (χ0v) is 13.9. The summed E-state index contributed by atoms with van der Waals surface area (Å²) in [5, 5.41) is 3.30. The quantitative estimate of drug-likeness (QED) is 0.808. The van der Waals surface area contributed by atoms with Crippen LogP contribution in [-0.2, 0) is 16.6 Å². The molecule has 0 heterocycles. The van der Waals surface area contributed by atoms with Crippen LogP contribution in [0, 0.1) is 0 Å². The van der Waals surface area contributed by atoms with E-state index in [9.17, 15) is 8.42 Å². The fourth-order valence-electron chi connectivity index (χ4n) is 2.03. The predicted molar refractivity (Wildman–Crippen MR) is 82.9 cm³/mol. The molecule has 0 aromatic heterocycles. The lowest BCUT2D eigenvalue weighted by atomic mass is 10.2. The Bertz CT molecular complexity index is 607. The number of nitrogens with one attached hydrogen (secondary N) is 2. The number of benzene rings is 1. The average molecular weight is 312 g/mol. The summed E-state index contributed by atoms with van der Waals surface area (Å²) in [6.07, 6.45) is 1.76. The van der Waals surface area contributed by atoms with E-state index in [-0.39, 0.29) is 10.4 Å². The van der Waals surface area contributed by atoms with Crippen LogP contribution in [0.2, 0.25) is 0 Å². The minimum atomic E-state index is -3.54. The van der Waals surface area contributed by atoms with Crippen molar-refractivity contribution in [2.75, 3.05) is 7.11 Å². The van der Waals surface area contributed by atoms with Gasteiger partial charge < -0.3 is 10.1 Å². The Hall–Kier alpha value is -1.11. The van der Waals surface area contributed by atoms with Crippen LogP contribution in [0.25, 0.3) is 0 Å². The van der Waals surface area contributed by atoms with Crippen molar-refractivity contribution in [2.45, 2.75) is 56.6 Å². The zero-order chi connectivity index (χ0) is 15.7. The van der Waals surface area contributed by atoms with Crippen LogP contribution in [0.1, 0.15) is 39.2 Å². The highest BCUT2D eigenvalue weighted by atomic mass is 32.2. The van der Waals surface area contributed by atoms with Gasteiger partial charge in [0.15, 0.2) is 0 Å². The second kappa shape index (κ2) is 5.94. The van der Waals surface area contributed by atoms with Crippen LogP contribution in [-0.4, -0.2) is 27.1 Å². The number of methoxy groups -OCH3 is 1. The number of hydrogen-bond donors (Lipinski definition) is 2.